The Balaban J connectivity index is 1.91. The van der Waals surface area contributed by atoms with E-state index in [1.807, 2.05) is 0 Å². The number of aliphatic hydroxyl groups excluding tert-OH is 1. The van der Waals surface area contributed by atoms with Crippen LogP contribution in [0.25, 0.3) is 0 Å². The summed E-state index contributed by atoms with van der Waals surface area (Å²) in [6, 6.07) is 8.61. The number of hydrogen-bond acceptors (Lipinski definition) is 3. The first-order valence-corrected chi connectivity index (χ1v) is 5.78. The molecule has 1 fully saturated rings. The van der Waals surface area contributed by atoms with Crippen LogP contribution in [0.1, 0.15) is 11.1 Å². The second-order valence-electron chi connectivity index (χ2n) is 4.40. The van der Waals surface area contributed by atoms with Crippen LogP contribution in [0.2, 0.25) is 0 Å². The predicted octanol–water partition coefficient (Wildman–Crippen LogP) is 1.19. The maximum absolute atomic E-state index is 9.06. The first-order chi connectivity index (χ1) is 7.78. The molecule has 0 amide bonds. The van der Waals surface area contributed by atoms with E-state index in [1.165, 1.54) is 11.1 Å². The number of benzene rings is 1. The minimum atomic E-state index is -0.0146. The van der Waals surface area contributed by atoms with Crippen molar-refractivity contribution in [1.82, 2.24) is 4.90 Å². The molecule has 0 radical (unpaired) electrons. The Kier molecular flexibility index (Phi) is 3.93. The molecule has 1 heterocycles. The minimum absolute atomic E-state index is 0.0146. The van der Waals surface area contributed by atoms with Crippen LogP contribution in [0.5, 0.6) is 0 Å². The Labute approximate surface area is 96.6 Å². The molecule has 0 saturated carbocycles. The van der Waals surface area contributed by atoms with E-state index < -0.39 is 0 Å². The summed E-state index contributed by atoms with van der Waals surface area (Å²) in [4.78, 5) is 2.33. The summed E-state index contributed by atoms with van der Waals surface area (Å²) in [5.41, 5.74) is 2.61. The molecular formula is C13H19NO2. The lowest BCUT2D eigenvalue weighted by atomic mass is 10.1. The quantitative estimate of drug-likeness (QED) is 0.832. The molecule has 1 saturated heterocycles. The number of morpholine rings is 1. The third kappa shape index (κ3) is 3.04. The maximum atomic E-state index is 9.06. The van der Waals surface area contributed by atoms with Gasteiger partial charge in [-0.1, -0.05) is 29.8 Å². The molecule has 0 bridgehead atoms. The molecule has 3 heteroatoms. The number of rotatable bonds is 3. The lowest BCUT2D eigenvalue weighted by molar-refractivity contribution is -0.0551. The number of aliphatic hydroxyl groups is 1. The van der Waals surface area contributed by atoms with Crippen LogP contribution in [0, 0.1) is 6.92 Å². The largest absolute Gasteiger partial charge is 0.394 e. The topological polar surface area (TPSA) is 32.7 Å². The molecule has 0 aliphatic carbocycles. The first kappa shape index (κ1) is 11.6. The van der Waals surface area contributed by atoms with Gasteiger partial charge in [0.15, 0.2) is 0 Å². The van der Waals surface area contributed by atoms with Gasteiger partial charge in [0.2, 0.25) is 0 Å². The normalized spacial score (nSPS) is 22.2. The second kappa shape index (κ2) is 5.43. The van der Waals surface area contributed by atoms with E-state index in [-0.39, 0.29) is 12.7 Å². The van der Waals surface area contributed by atoms with E-state index in [0.717, 1.165) is 26.2 Å². The minimum Gasteiger partial charge on any atom is -0.394 e. The highest BCUT2D eigenvalue weighted by Gasteiger charge is 2.19. The van der Waals surface area contributed by atoms with Crippen molar-refractivity contribution in [1.29, 1.82) is 0 Å². The van der Waals surface area contributed by atoms with Gasteiger partial charge in [-0.2, -0.15) is 0 Å². The van der Waals surface area contributed by atoms with Crippen molar-refractivity contribution in [2.75, 3.05) is 26.3 Å². The van der Waals surface area contributed by atoms with Gasteiger partial charge >= 0.3 is 0 Å². The summed E-state index contributed by atoms with van der Waals surface area (Å²) in [6.07, 6.45) is -0.0146. The molecule has 1 atom stereocenters. The van der Waals surface area contributed by atoms with Crippen LogP contribution in [0.15, 0.2) is 24.3 Å². The molecule has 16 heavy (non-hydrogen) atoms. The van der Waals surface area contributed by atoms with Gasteiger partial charge in [-0.15, -0.1) is 0 Å². The van der Waals surface area contributed by atoms with E-state index in [4.69, 9.17) is 9.84 Å². The van der Waals surface area contributed by atoms with Crippen molar-refractivity contribution in [3.63, 3.8) is 0 Å². The Morgan fingerprint density at radius 3 is 2.81 bits per heavy atom. The van der Waals surface area contributed by atoms with Crippen LogP contribution in [-0.4, -0.2) is 42.4 Å². The van der Waals surface area contributed by atoms with Crippen molar-refractivity contribution in [3.05, 3.63) is 35.4 Å². The number of ether oxygens (including phenoxy) is 1. The van der Waals surface area contributed by atoms with Gasteiger partial charge in [0.05, 0.1) is 19.3 Å². The molecule has 1 aliphatic heterocycles. The molecule has 1 aromatic carbocycles. The van der Waals surface area contributed by atoms with Crippen LogP contribution >= 0.6 is 0 Å². The lowest BCUT2D eigenvalue weighted by Crippen LogP contribution is -2.43. The maximum Gasteiger partial charge on any atom is 0.0933 e. The highest BCUT2D eigenvalue weighted by molar-refractivity contribution is 5.21. The summed E-state index contributed by atoms with van der Waals surface area (Å²) in [5.74, 6) is 0. The van der Waals surface area contributed by atoms with Crippen LogP contribution in [-0.2, 0) is 11.3 Å². The smallest absolute Gasteiger partial charge is 0.0933 e. The van der Waals surface area contributed by atoms with Gasteiger partial charge in [-0.25, -0.2) is 0 Å². The monoisotopic (exact) mass is 221 g/mol. The second-order valence-corrected chi connectivity index (χ2v) is 4.40. The Morgan fingerprint density at radius 1 is 1.38 bits per heavy atom. The zero-order chi connectivity index (χ0) is 11.4. The fraction of sp³-hybridized carbons (Fsp3) is 0.538. The molecule has 0 spiro atoms. The number of hydrogen-bond donors (Lipinski definition) is 1. The van der Waals surface area contributed by atoms with Crippen molar-refractivity contribution in [2.45, 2.75) is 19.6 Å². The van der Waals surface area contributed by atoms with E-state index in [1.54, 1.807) is 0 Å². The third-order valence-electron chi connectivity index (χ3n) is 2.95. The molecule has 0 aromatic heterocycles. The zero-order valence-electron chi connectivity index (χ0n) is 9.72. The molecule has 1 N–H and O–H groups in total. The van der Waals surface area contributed by atoms with E-state index in [2.05, 4.69) is 36.1 Å². The average Bonchev–Trinajstić information content (AvgIpc) is 2.32. The number of nitrogens with zero attached hydrogens (tertiary/aromatic N) is 1. The number of aryl methyl sites for hydroxylation is 1. The Morgan fingerprint density at radius 2 is 2.12 bits per heavy atom. The highest BCUT2D eigenvalue weighted by atomic mass is 16.5. The van der Waals surface area contributed by atoms with Gasteiger partial charge in [-0.05, 0) is 12.5 Å². The van der Waals surface area contributed by atoms with E-state index in [0.29, 0.717) is 0 Å². The fourth-order valence-electron chi connectivity index (χ4n) is 1.99. The summed E-state index contributed by atoms with van der Waals surface area (Å²) in [7, 11) is 0. The van der Waals surface area contributed by atoms with Crippen molar-refractivity contribution >= 4 is 0 Å². The molecule has 3 nitrogen and oxygen atoms in total. The highest BCUT2D eigenvalue weighted by Crippen LogP contribution is 2.11. The molecule has 88 valence electrons. The summed E-state index contributed by atoms with van der Waals surface area (Å²) in [6.45, 7) is 5.65. The average molecular weight is 221 g/mol. The molecule has 1 unspecified atom stereocenters. The van der Waals surface area contributed by atoms with Gasteiger partial charge < -0.3 is 9.84 Å². The molecular weight excluding hydrogens is 202 g/mol. The van der Waals surface area contributed by atoms with E-state index >= 15 is 0 Å². The van der Waals surface area contributed by atoms with Gasteiger partial charge in [0.25, 0.3) is 0 Å². The van der Waals surface area contributed by atoms with Gasteiger partial charge in [0.1, 0.15) is 0 Å². The molecule has 2 rings (SSSR count). The lowest BCUT2D eigenvalue weighted by Gasteiger charge is -2.31. The van der Waals surface area contributed by atoms with Crippen LogP contribution < -0.4 is 0 Å². The van der Waals surface area contributed by atoms with Crippen molar-refractivity contribution in [3.8, 4) is 0 Å². The standard InChI is InChI=1S/C13H19NO2/c1-11-2-4-12(5-3-11)8-14-6-7-16-13(9-14)10-15/h2-5,13,15H,6-10H2,1H3. The zero-order valence-corrected chi connectivity index (χ0v) is 9.72. The van der Waals surface area contributed by atoms with Crippen molar-refractivity contribution < 1.29 is 9.84 Å². The Hall–Kier alpha value is -0.900. The SMILES string of the molecule is Cc1ccc(CN2CCOC(CO)C2)cc1. The molecule has 1 aliphatic rings. The van der Waals surface area contributed by atoms with Crippen LogP contribution in [0.4, 0.5) is 0 Å². The van der Waals surface area contributed by atoms with E-state index in [9.17, 15) is 0 Å². The summed E-state index contributed by atoms with van der Waals surface area (Å²) < 4.78 is 5.42. The molecule has 1 aromatic rings. The predicted molar refractivity (Wildman–Crippen MR) is 63.3 cm³/mol. The third-order valence-corrected chi connectivity index (χ3v) is 2.95. The van der Waals surface area contributed by atoms with Gasteiger partial charge in [0, 0.05) is 19.6 Å². The Bertz CT molecular complexity index is 323. The summed E-state index contributed by atoms with van der Waals surface area (Å²) in [5, 5.41) is 9.06. The first-order valence-electron chi connectivity index (χ1n) is 5.78. The summed E-state index contributed by atoms with van der Waals surface area (Å²) >= 11 is 0. The van der Waals surface area contributed by atoms with Crippen molar-refractivity contribution in [2.24, 2.45) is 0 Å². The van der Waals surface area contributed by atoms with Crippen LogP contribution in [0.3, 0.4) is 0 Å². The van der Waals surface area contributed by atoms with Gasteiger partial charge in [-0.3, -0.25) is 4.90 Å². The fourth-order valence-corrected chi connectivity index (χ4v) is 1.99.